The highest BCUT2D eigenvalue weighted by molar-refractivity contribution is 8.77. The number of benzene rings is 5. The van der Waals surface area contributed by atoms with E-state index in [4.69, 9.17) is 9.15 Å². The van der Waals surface area contributed by atoms with Gasteiger partial charge in [-0.15, -0.1) is 0 Å². The molecule has 13 heteroatoms. The summed E-state index contributed by atoms with van der Waals surface area (Å²) in [5.74, 6) is 0.403. The molecule has 0 amide bonds. The molecule has 7 unspecified atom stereocenters. The van der Waals surface area contributed by atoms with E-state index in [9.17, 15) is 25.5 Å². The van der Waals surface area contributed by atoms with E-state index < -0.39 is 35.4 Å². The second-order valence-electron chi connectivity index (χ2n) is 18.5. The number of hydrogen-bond acceptors (Lipinski definition) is 13. The van der Waals surface area contributed by atoms with Crippen LogP contribution in [0.1, 0.15) is 102 Å². The van der Waals surface area contributed by atoms with Crippen molar-refractivity contribution in [3.8, 4) is 45.4 Å². The summed E-state index contributed by atoms with van der Waals surface area (Å²) in [4.78, 5) is 15.1. The molecule has 9 nitrogen and oxygen atoms in total. The van der Waals surface area contributed by atoms with Crippen LogP contribution in [0, 0.1) is 5.92 Å². The first-order chi connectivity index (χ1) is 31.0. The molecule has 7 atom stereocenters. The Labute approximate surface area is 387 Å². The summed E-state index contributed by atoms with van der Waals surface area (Å²) in [5, 5.41) is 66.6. The van der Waals surface area contributed by atoms with Crippen molar-refractivity contribution in [1.29, 1.82) is 0 Å². The maximum absolute atomic E-state index is 15.1. The van der Waals surface area contributed by atoms with Crippen LogP contribution in [-0.2, 0) is 18.6 Å². The van der Waals surface area contributed by atoms with Crippen LogP contribution >= 0.6 is 43.2 Å². The van der Waals surface area contributed by atoms with Gasteiger partial charge in [0.15, 0.2) is 5.76 Å². The van der Waals surface area contributed by atoms with Crippen molar-refractivity contribution in [2.24, 2.45) is 5.92 Å². The third-order valence-electron chi connectivity index (χ3n) is 13.9. The summed E-state index contributed by atoms with van der Waals surface area (Å²) in [6, 6.07) is 22.1. The largest absolute Gasteiger partial charge is 0.507 e. The van der Waals surface area contributed by atoms with Gasteiger partial charge in [0.05, 0.1) is 23.0 Å². The van der Waals surface area contributed by atoms with Crippen LogP contribution in [0.3, 0.4) is 0 Å². The zero-order chi connectivity index (χ0) is 44.0. The SMILES string of the molecule is CC(C)Cc1cc(-c2oc3cc(O)c4c(c3c(=O)c2O)OC2CC3c5c-4ccc4cccc(c54)C(SSCCCC2O)C3O)c2c(c1O)Cc1cccc(c1)C1NCCCC1SSC2. The molecule has 2 saturated heterocycles. The van der Waals surface area contributed by atoms with Crippen LogP contribution in [0.2, 0.25) is 0 Å². The second kappa shape index (κ2) is 17.0. The maximum Gasteiger partial charge on any atom is 0.238 e. The van der Waals surface area contributed by atoms with Gasteiger partial charge in [-0.3, -0.25) is 4.79 Å². The Hall–Kier alpha value is -3.95. The molecule has 5 aromatic carbocycles. The molecule has 6 N–H and O–H groups in total. The molecule has 1 aliphatic carbocycles. The van der Waals surface area contributed by atoms with Gasteiger partial charge in [-0.1, -0.05) is 112 Å². The van der Waals surface area contributed by atoms with Crippen molar-refractivity contribution < 1.29 is 34.7 Å². The molecule has 4 aliphatic heterocycles. The molecule has 11 rings (SSSR count). The summed E-state index contributed by atoms with van der Waals surface area (Å²) in [6.07, 6.45) is 1.95. The fourth-order valence-electron chi connectivity index (χ4n) is 11.0. The fraction of sp³-hybridized carbons (Fsp3) is 0.392. The van der Waals surface area contributed by atoms with Crippen molar-refractivity contribution in [3.63, 3.8) is 0 Å². The summed E-state index contributed by atoms with van der Waals surface area (Å²) in [6.45, 7) is 5.13. The van der Waals surface area contributed by atoms with Crippen molar-refractivity contribution in [1.82, 2.24) is 5.32 Å². The van der Waals surface area contributed by atoms with E-state index in [0.717, 1.165) is 63.7 Å². The molecular formula is C51H51NO8S4. The van der Waals surface area contributed by atoms with Gasteiger partial charge in [-0.05, 0) is 107 Å². The normalized spacial score (nSPS) is 25.4. The van der Waals surface area contributed by atoms with E-state index in [0.29, 0.717) is 53.4 Å². The van der Waals surface area contributed by atoms with Crippen molar-refractivity contribution in [2.75, 3.05) is 12.3 Å². The molecule has 5 aliphatic rings. The smallest absolute Gasteiger partial charge is 0.238 e. The number of fused-ring (bicyclic) bond motifs is 12. The summed E-state index contributed by atoms with van der Waals surface area (Å²) in [7, 11) is 6.89. The average Bonchev–Trinajstić information content (AvgIpc) is 3.31. The Morgan fingerprint density at radius 1 is 0.875 bits per heavy atom. The minimum Gasteiger partial charge on any atom is -0.507 e. The van der Waals surface area contributed by atoms with E-state index in [2.05, 4.69) is 55.6 Å². The maximum atomic E-state index is 15.1. The molecule has 5 bridgehead atoms. The van der Waals surface area contributed by atoms with Crippen LogP contribution in [0.15, 0.2) is 75.9 Å². The Balaban J connectivity index is 1.14. The first-order valence-electron chi connectivity index (χ1n) is 22.5. The Morgan fingerprint density at radius 3 is 2.59 bits per heavy atom. The standard InChI is InChI=1S/C51H51NO8S4/c1-24(2)17-28-20-32(34-23-62-63-39-12-5-15-52-44(39)27-9-3-7-25(18-27)19-31(34)45(28)55)49-48(58)47(57)43-38(60-49)22-36(54)42-29-14-13-26-8-4-10-30-40(26)41(29)33-21-37(59-50(42)43)35(53)11-6-16-61-64-51(30)46(33)56/h3-4,7-10,13-14,18,20,22,24,33,35,37,39,44,46,51-56,58H,5-6,11-12,15-17,19,21,23H2,1-2H3. The number of hydrogen-bond donors (Lipinski definition) is 6. The van der Waals surface area contributed by atoms with Gasteiger partial charge in [0.25, 0.3) is 0 Å². The molecule has 6 aromatic rings. The molecule has 2 fully saturated rings. The molecule has 0 radical (unpaired) electrons. The number of aliphatic hydroxyl groups excluding tert-OH is 2. The molecular weight excluding hydrogens is 883 g/mol. The molecule has 332 valence electrons. The second-order valence-corrected chi connectivity index (χ2v) is 23.7. The number of aliphatic hydroxyl groups is 2. The lowest BCUT2D eigenvalue weighted by molar-refractivity contribution is 0.00976. The first-order valence-corrected chi connectivity index (χ1v) is 27.2. The van der Waals surface area contributed by atoms with Crippen LogP contribution in [-0.4, -0.2) is 61.4 Å². The topological polar surface area (TPSA) is 153 Å². The third kappa shape index (κ3) is 7.19. The van der Waals surface area contributed by atoms with Crippen LogP contribution in [0.4, 0.5) is 0 Å². The Morgan fingerprint density at radius 2 is 1.73 bits per heavy atom. The quantitative estimate of drug-likeness (QED) is 0.0935. The van der Waals surface area contributed by atoms with Gasteiger partial charge in [0.1, 0.15) is 34.3 Å². The number of rotatable bonds is 3. The van der Waals surface area contributed by atoms with Gasteiger partial charge < -0.3 is 40.0 Å². The molecule has 1 aromatic heterocycles. The van der Waals surface area contributed by atoms with Gasteiger partial charge >= 0.3 is 0 Å². The lowest BCUT2D eigenvalue weighted by Crippen LogP contribution is -2.39. The van der Waals surface area contributed by atoms with Crippen molar-refractivity contribution in [2.45, 2.75) is 105 Å². The lowest BCUT2D eigenvalue weighted by Gasteiger charge is -2.41. The molecule has 0 spiro atoms. The van der Waals surface area contributed by atoms with Gasteiger partial charge in [0, 0.05) is 52.3 Å². The first kappa shape index (κ1) is 42.7. The summed E-state index contributed by atoms with van der Waals surface area (Å²) >= 11 is 0. The van der Waals surface area contributed by atoms with Gasteiger partial charge in [-0.25, -0.2) is 0 Å². The summed E-state index contributed by atoms with van der Waals surface area (Å²) < 4.78 is 13.6. The van der Waals surface area contributed by atoms with Crippen LogP contribution in [0.5, 0.6) is 23.0 Å². The minimum absolute atomic E-state index is 0.0232. The highest BCUT2D eigenvalue weighted by Crippen LogP contribution is 2.59. The van der Waals surface area contributed by atoms with E-state index in [1.165, 1.54) is 11.6 Å². The van der Waals surface area contributed by atoms with Gasteiger partial charge in [0.2, 0.25) is 11.2 Å². The highest BCUT2D eigenvalue weighted by atomic mass is 33.1. The number of piperidine rings is 1. The third-order valence-corrected chi connectivity index (χ3v) is 19.6. The highest BCUT2D eigenvalue weighted by Gasteiger charge is 2.44. The monoisotopic (exact) mass is 933 g/mol. The number of nitrogens with one attached hydrogen (secondary N) is 1. The number of phenols is 2. The number of ether oxygens (including phenoxy) is 1. The van der Waals surface area contributed by atoms with Crippen LogP contribution < -0.4 is 15.5 Å². The van der Waals surface area contributed by atoms with E-state index in [1.54, 1.807) is 32.4 Å². The minimum atomic E-state index is -0.943. The molecule has 64 heavy (non-hydrogen) atoms. The Bertz CT molecular complexity index is 2900. The lowest BCUT2D eigenvalue weighted by atomic mass is 9.72. The molecule has 0 saturated carbocycles. The zero-order valence-electron chi connectivity index (χ0n) is 35.6. The zero-order valence-corrected chi connectivity index (χ0v) is 38.9. The Kier molecular flexibility index (Phi) is 11.4. The van der Waals surface area contributed by atoms with Gasteiger partial charge in [-0.2, -0.15) is 0 Å². The summed E-state index contributed by atoms with van der Waals surface area (Å²) in [5.41, 5.74) is 7.01. The predicted molar refractivity (Wildman–Crippen MR) is 262 cm³/mol. The average molecular weight is 934 g/mol. The van der Waals surface area contributed by atoms with E-state index >= 15 is 4.79 Å². The predicted octanol–water partition coefficient (Wildman–Crippen LogP) is 11.1. The van der Waals surface area contributed by atoms with Crippen molar-refractivity contribution >= 4 is 64.9 Å². The number of aromatic hydroxyl groups is 3. The molecule has 5 heterocycles. The van der Waals surface area contributed by atoms with E-state index in [-0.39, 0.29) is 63.2 Å². The van der Waals surface area contributed by atoms with Crippen LogP contribution in [0.25, 0.3) is 44.2 Å². The van der Waals surface area contributed by atoms with Crippen molar-refractivity contribution in [3.05, 3.63) is 116 Å². The number of phenolic OH excluding ortho intramolecular Hbond substituents is 2. The van der Waals surface area contributed by atoms with E-state index in [1.807, 2.05) is 35.1 Å². The fourth-order valence-corrected chi connectivity index (χ4v) is 16.9.